The molecule has 1 heterocycles. The maximum absolute atomic E-state index is 13.9. The number of hydrogen-bond acceptors (Lipinski definition) is 4. The Balaban J connectivity index is 2.27. The Morgan fingerprint density at radius 1 is 1.18 bits per heavy atom. The summed E-state index contributed by atoms with van der Waals surface area (Å²) in [4.78, 5) is 25.4. The van der Waals surface area contributed by atoms with E-state index in [1.807, 2.05) is 6.07 Å². The third-order valence-electron chi connectivity index (χ3n) is 4.07. The number of hydrogen-bond donors (Lipinski definition) is 0. The molecule has 4 nitrogen and oxygen atoms in total. The van der Waals surface area contributed by atoms with E-state index in [2.05, 4.69) is 0 Å². The molecule has 2 aromatic carbocycles. The molecule has 0 radical (unpaired) electrons. The van der Waals surface area contributed by atoms with E-state index in [0.717, 1.165) is 23.5 Å². The second-order valence-corrected chi connectivity index (χ2v) is 6.84. The van der Waals surface area contributed by atoms with Crippen LogP contribution in [0.2, 0.25) is 0 Å². The molecule has 0 N–H and O–H groups in total. The lowest BCUT2D eigenvalue weighted by molar-refractivity contribution is 0.105. The number of Topliss-reactive ketones (excluding diaryl/α,β-unsaturated/α-hetero) is 1. The molecular weight excluding hydrogens is 382 g/mol. The molecule has 3 rings (SSSR count). The van der Waals surface area contributed by atoms with Crippen LogP contribution in [-0.4, -0.2) is 10.4 Å². The lowest BCUT2D eigenvalue weighted by Crippen LogP contribution is -2.32. The van der Waals surface area contributed by atoms with E-state index in [9.17, 15) is 23.6 Å². The predicted octanol–water partition coefficient (Wildman–Crippen LogP) is 2.59. The normalized spacial score (nSPS) is 12.6. The van der Waals surface area contributed by atoms with E-state index in [1.165, 1.54) is 34.9 Å². The molecule has 7 heteroatoms. The van der Waals surface area contributed by atoms with Crippen molar-refractivity contribution in [3.05, 3.63) is 90.8 Å². The van der Waals surface area contributed by atoms with Crippen LogP contribution >= 0.6 is 11.3 Å². The molecule has 1 aromatic heterocycles. The van der Waals surface area contributed by atoms with Gasteiger partial charge < -0.3 is 0 Å². The van der Waals surface area contributed by atoms with Crippen LogP contribution in [0, 0.1) is 23.0 Å². The molecule has 0 unspecified atom stereocenters. The van der Waals surface area contributed by atoms with Gasteiger partial charge in [-0.15, -0.1) is 11.3 Å². The van der Waals surface area contributed by atoms with Crippen molar-refractivity contribution >= 4 is 28.8 Å². The molecule has 28 heavy (non-hydrogen) atoms. The number of rotatable bonds is 4. The number of aromatic nitrogens is 1. The van der Waals surface area contributed by atoms with E-state index in [-0.39, 0.29) is 32.4 Å². The van der Waals surface area contributed by atoms with Gasteiger partial charge in [0.1, 0.15) is 27.9 Å². The molecule has 3 aromatic rings. The van der Waals surface area contributed by atoms with Crippen molar-refractivity contribution in [1.82, 2.24) is 4.57 Å². The first-order valence-electron chi connectivity index (χ1n) is 8.36. The number of nitrogens with zero attached hydrogens (tertiary/aromatic N) is 2. The molecule has 0 saturated heterocycles. The summed E-state index contributed by atoms with van der Waals surface area (Å²) in [6.45, 7) is 1.94. The summed E-state index contributed by atoms with van der Waals surface area (Å²) >= 11 is 0.947. The minimum atomic E-state index is -0.608. The zero-order valence-corrected chi connectivity index (χ0v) is 15.6. The Labute approximate surface area is 162 Å². The highest BCUT2D eigenvalue weighted by atomic mass is 32.1. The second-order valence-electron chi connectivity index (χ2n) is 5.81. The van der Waals surface area contributed by atoms with Gasteiger partial charge in [0, 0.05) is 17.7 Å². The quantitative estimate of drug-likeness (QED) is 0.637. The van der Waals surface area contributed by atoms with Crippen LogP contribution in [0.3, 0.4) is 0 Å². The molecular formula is C21H14F2N2O2S. The summed E-state index contributed by atoms with van der Waals surface area (Å²) in [5.74, 6) is -1.59. The first-order chi connectivity index (χ1) is 13.5. The fraction of sp³-hybridized carbons (Fsp3) is 0.0952. The maximum Gasteiger partial charge on any atom is 0.269 e. The van der Waals surface area contributed by atoms with Gasteiger partial charge in [-0.3, -0.25) is 14.2 Å². The van der Waals surface area contributed by atoms with Crippen LogP contribution in [-0.2, 0) is 6.54 Å². The summed E-state index contributed by atoms with van der Waals surface area (Å²) < 4.78 is 28.7. The summed E-state index contributed by atoms with van der Waals surface area (Å²) in [6, 6.07) is 12.7. The summed E-state index contributed by atoms with van der Waals surface area (Å²) in [5.41, 5.74) is -0.255. The predicted molar refractivity (Wildman–Crippen MR) is 103 cm³/mol. The van der Waals surface area contributed by atoms with Crippen LogP contribution in [0.15, 0.2) is 53.3 Å². The zero-order chi connectivity index (χ0) is 20.3. The van der Waals surface area contributed by atoms with Gasteiger partial charge in [-0.25, -0.2) is 8.78 Å². The van der Waals surface area contributed by atoms with Crippen molar-refractivity contribution in [3.8, 4) is 6.07 Å². The lowest BCUT2D eigenvalue weighted by atomic mass is 10.1. The average Bonchev–Trinajstić information content (AvgIpc) is 3.00. The Morgan fingerprint density at radius 3 is 2.46 bits per heavy atom. The van der Waals surface area contributed by atoms with Gasteiger partial charge in [-0.2, -0.15) is 5.26 Å². The Morgan fingerprint density at radius 2 is 1.86 bits per heavy atom. The number of nitriles is 1. The molecule has 0 amide bonds. The molecule has 0 aliphatic heterocycles. The van der Waals surface area contributed by atoms with Crippen LogP contribution in [0.4, 0.5) is 8.78 Å². The number of carbonyl (C=O) groups excluding carboxylic acids is 1. The van der Waals surface area contributed by atoms with E-state index in [4.69, 9.17) is 0 Å². The van der Waals surface area contributed by atoms with Gasteiger partial charge in [0.15, 0.2) is 0 Å². The van der Waals surface area contributed by atoms with Gasteiger partial charge >= 0.3 is 0 Å². The van der Waals surface area contributed by atoms with E-state index in [0.29, 0.717) is 0 Å². The molecule has 0 aliphatic carbocycles. The van der Waals surface area contributed by atoms with Crippen molar-refractivity contribution in [2.24, 2.45) is 0 Å². The molecule has 0 aliphatic rings. The molecule has 0 saturated carbocycles. The van der Waals surface area contributed by atoms with Gasteiger partial charge in [0.2, 0.25) is 5.78 Å². The van der Waals surface area contributed by atoms with E-state index >= 15 is 0 Å². The van der Waals surface area contributed by atoms with Crippen LogP contribution in [0.5, 0.6) is 0 Å². The molecule has 0 fully saturated rings. The largest absolute Gasteiger partial charge is 0.298 e. The smallest absolute Gasteiger partial charge is 0.269 e. The number of benzene rings is 2. The molecule has 140 valence electrons. The van der Waals surface area contributed by atoms with Gasteiger partial charge in [0.05, 0.1) is 4.53 Å². The van der Waals surface area contributed by atoms with Crippen molar-refractivity contribution in [1.29, 1.82) is 5.26 Å². The average molecular weight is 396 g/mol. The van der Waals surface area contributed by atoms with Crippen LogP contribution in [0.25, 0.3) is 11.6 Å². The molecule has 0 spiro atoms. The monoisotopic (exact) mass is 396 g/mol. The minimum Gasteiger partial charge on any atom is -0.298 e. The van der Waals surface area contributed by atoms with Crippen molar-refractivity contribution in [2.45, 2.75) is 13.5 Å². The van der Waals surface area contributed by atoms with Gasteiger partial charge in [-0.05, 0) is 43.3 Å². The summed E-state index contributed by atoms with van der Waals surface area (Å²) in [7, 11) is 0. The summed E-state index contributed by atoms with van der Waals surface area (Å²) in [6.07, 6.45) is 1.40. The Bertz CT molecular complexity index is 1270. The number of halogens is 2. The highest BCUT2D eigenvalue weighted by Crippen LogP contribution is 2.10. The Kier molecular flexibility index (Phi) is 5.62. The van der Waals surface area contributed by atoms with E-state index < -0.39 is 23.0 Å². The molecule has 0 bridgehead atoms. The maximum atomic E-state index is 13.9. The topological polar surface area (TPSA) is 62.9 Å². The third kappa shape index (κ3) is 3.68. The van der Waals surface area contributed by atoms with Crippen LogP contribution in [0.1, 0.15) is 22.8 Å². The lowest BCUT2D eigenvalue weighted by Gasteiger charge is -2.00. The van der Waals surface area contributed by atoms with Crippen molar-refractivity contribution in [2.75, 3.05) is 0 Å². The first-order valence-corrected chi connectivity index (χ1v) is 9.18. The van der Waals surface area contributed by atoms with E-state index in [1.54, 1.807) is 19.1 Å². The number of carbonyl (C=O) groups is 1. The first kappa shape index (κ1) is 19.4. The van der Waals surface area contributed by atoms with Gasteiger partial charge in [-0.1, -0.05) is 18.2 Å². The van der Waals surface area contributed by atoms with Crippen LogP contribution < -0.4 is 14.8 Å². The number of thiazole rings is 1. The summed E-state index contributed by atoms with van der Waals surface area (Å²) in [5, 5.41) is 9.56. The zero-order valence-electron chi connectivity index (χ0n) is 14.8. The Hall–Kier alpha value is -3.37. The highest BCUT2D eigenvalue weighted by molar-refractivity contribution is 7.07. The second kappa shape index (κ2) is 8.11. The minimum absolute atomic E-state index is 0.140. The molecule has 0 atom stereocenters. The van der Waals surface area contributed by atoms with Gasteiger partial charge in [0.25, 0.3) is 5.56 Å². The SMILES string of the molecule is CCn1c(=O)/c(=C\c2ccccc2F)s/c1=C(/C#N)C(=O)c1ccc(F)cc1. The van der Waals surface area contributed by atoms with Crippen molar-refractivity contribution in [3.63, 3.8) is 0 Å². The van der Waals surface area contributed by atoms with Crippen molar-refractivity contribution < 1.29 is 13.6 Å². The highest BCUT2D eigenvalue weighted by Gasteiger charge is 2.17. The fourth-order valence-electron chi connectivity index (χ4n) is 2.67. The number of ketones is 1. The standard InChI is InChI=1S/C21H14F2N2O2S/c1-2-25-20(27)18(11-14-5-3-4-6-17(14)23)28-21(25)16(12-24)19(26)13-7-9-15(22)10-8-13/h3-11H,2H2,1H3/b18-11+,21-16-. The fourth-order valence-corrected chi connectivity index (χ4v) is 3.82. The third-order valence-corrected chi connectivity index (χ3v) is 5.21.